The van der Waals surface area contributed by atoms with E-state index >= 15 is 0 Å². The molecule has 0 aliphatic rings. The first kappa shape index (κ1) is 14.2. The summed E-state index contributed by atoms with van der Waals surface area (Å²) < 4.78 is 0. The van der Waals surface area contributed by atoms with E-state index < -0.39 is 0 Å². The van der Waals surface area contributed by atoms with Crippen LogP contribution in [-0.4, -0.2) is 9.97 Å². The van der Waals surface area contributed by atoms with E-state index in [1.165, 1.54) is 5.56 Å². The fraction of sp³-hybridized carbons (Fsp3) is 0.333. The summed E-state index contributed by atoms with van der Waals surface area (Å²) in [5, 5.41) is 0. The second-order valence-corrected chi connectivity index (χ2v) is 4.12. The van der Waals surface area contributed by atoms with Gasteiger partial charge in [0.05, 0.1) is 0 Å². The van der Waals surface area contributed by atoms with E-state index in [9.17, 15) is 0 Å². The molecule has 1 heterocycles. The molecule has 0 fully saturated rings. The van der Waals surface area contributed by atoms with E-state index in [0.29, 0.717) is 5.41 Å². The zero-order valence-corrected chi connectivity index (χ0v) is 11.0. The van der Waals surface area contributed by atoms with Crippen LogP contribution in [0.1, 0.15) is 26.3 Å². The third-order valence-electron chi connectivity index (χ3n) is 1.89. The van der Waals surface area contributed by atoms with Gasteiger partial charge in [-0.3, -0.25) is 0 Å². The zero-order chi connectivity index (χ0) is 10.4. The maximum absolute atomic E-state index is 3.54. The second-order valence-electron chi connectivity index (χ2n) is 4.12. The van der Waals surface area contributed by atoms with Crippen molar-refractivity contribution in [2.75, 3.05) is 0 Å². The summed E-state index contributed by atoms with van der Waals surface area (Å²) in [6.45, 7) is 6.67. The van der Waals surface area contributed by atoms with Gasteiger partial charge < -0.3 is 9.97 Å². The average molecular weight is 289 g/mol. The fourth-order valence-electron chi connectivity index (χ4n) is 1.06. The van der Waals surface area contributed by atoms with Crippen LogP contribution in [0.5, 0.6) is 0 Å². The third-order valence-corrected chi connectivity index (χ3v) is 1.89. The molecule has 0 saturated heterocycles. The number of aromatic amines is 1. The molecule has 0 amide bonds. The van der Waals surface area contributed by atoms with Gasteiger partial charge in [0.25, 0.3) is 0 Å². The maximum Gasteiger partial charge on any atom is 2.00 e. The Kier molecular flexibility index (Phi) is 6.27. The molecular formula is C12H16N2Ru. The number of hydrogen-bond acceptors (Lipinski definition) is 1. The Morgan fingerprint density at radius 2 is 1.80 bits per heavy atom. The largest absolute Gasteiger partial charge is 2.00 e. The van der Waals surface area contributed by atoms with Crippen LogP contribution in [0.15, 0.2) is 36.7 Å². The summed E-state index contributed by atoms with van der Waals surface area (Å²) in [4.78, 5) is 6.17. The fourth-order valence-corrected chi connectivity index (χ4v) is 1.06. The first-order chi connectivity index (χ1) is 6.61. The van der Waals surface area contributed by atoms with Gasteiger partial charge in [-0.2, -0.15) is 17.7 Å². The van der Waals surface area contributed by atoms with Crippen LogP contribution in [-0.2, 0) is 24.9 Å². The van der Waals surface area contributed by atoms with Crippen molar-refractivity contribution in [2.24, 2.45) is 0 Å². The number of rotatable bonds is 0. The summed E-state index contributed by atoms with van der Waals surface area (Å²) in [5.74, 6) is 0. The molecule has 1 N–H and O–H groups in total. The van der Waals surface area contributed by atoms with Crippen LogP contribution in [0.2, 0.25) is 0 Å². The number of nitrogens with zero attached hydrogens (tertiary/aromatic N) is 1. The Hall–Kier alpha value is -0.817. The molecule has 2 nitrogen and oxygen atoms in total. The standard InChI is InChI=1S/C9H13.C3H3N2.Ru/c1-9(2,3)8-6-4-5-7-8;1-2-5-3-4-1;/h4-7H,1-3H3;1-2H,(H,4,5);/q2*-1;+2. The predicted octanol–water partition coefficient (Wildman–Crippen LogP) is 2.91. The van der Waals surface area contributed by atoms with Crippen molar-refractivity contribution < 1.29 is 19.5 Å². The average Bonchev–Trinajstić information content (AvgIpc) is 2.80. The molecule has 0 atom stereocenters. The van der Waals surface area contributed by atoms with E-state index in [2.05, 4.69) is 61.3 Å². The van der Waals surface area contributed by atoms with Gasteiger partial charge >= 0.3 is 19.5 Å². The molecule has 1 aromatic carbocycles. The summed E-state index contributed by atoms with van der Waals surface area (Å²) in [6, 6.07) is 8.50. The van der Waals surface area contributed by atoms with Crippen molar-refractivity contribution in [3.05, 3.63) is 48.5 Å². The van der Waals surface area contributed by atoms with E-state index in [4.69, 9.17) is 0 Å². The summed E-state index contributed by atoms with van der Waals surface area (Å²) in [5.41, 5.74) is 1.74. The molecule has 0 bridgehead atoms. The Bertz CT molecular complexity index is 300. The van der Waals surface area contributed by atoms with Crippen LogP contribution in [0.25, 0.3) is 0 Å². The molecule has 2 aromatic rings. The SMILES string of the molecule is CC(C)(C)[c-]1cccc1.[Ru+2].[c-]1ncc[nH]1. The molecule has 0 unspecified atom stereocenters. The third kappa shape index (κ3) is 5.58. The van der Waals surface area contributed by atoms with Gasteiger partial charge in [-0.15, -0.1) is 12.4 Å². The van der Waals surface area contributed by atoms with E-state index in [0.717, 1.165) is 0 Å². The van der Waals surface area contributed by atoms with Gasteiger partial charge in [-0.05, 0) is 6.33 Å². The van der Waals surface area contributed by atoms with Crippen LogP contribution in [0.3, 0.4) is 0 Å². The van der Waals surface area contributed by atoms with Crippen molar-refractivity contribution >= 4 is 0 Å². The first-order valence-corrected chi connectivity index (χ1v) is 4.68. The minimum absolute atomic E-state index is 0. The number of nitrogens with one attached hydrogen (secondary N) is 1. The molecular weight excluding hydrogens is 273 g/mol. The molecule has 0 spiro atoms. The number of aromatic nitrogens is 2. The quantitative estimate of drug-likeness (QED) is 0.586. The number of imidazole rings is 1. The van der Waals surface area contributed by atoms with Crippen LogP contribution in [0, 0.1) is 6.33 Å². The Morgan fingerprint density at radius 1 is 1.20 bits per heavy atom. The van der Waals surface area contributed by atoms with Crippen molar-refractivity contribution in [3.8, 4) is 0 Å². The van der Waals surface area contributed by atoms with Crippen molar-refractivity contribution in [1.29, 1.82) is 0 Å². The second kappa shape index (κ2) is 6.63. The van der Waals surface area contributed by atoms with Gasteiger partial charge in [-0.1, -0.05) is 26.2 Å². The molecule has 0 aliphatic carbocycles. The monoisotopic (exact) mass is 290 g/mol. The van der Waals surface area contributed by atoms with Gasteiger partial charge in [0.1, 0.15) is 0 Å². The van der Waals surface area contributed by atoms with Gasteiger partial charge in [0.2, 0.25) is 0 Å². The molecule has 1 aromatic heterocycles. The summed E-state index contributed by atoms with van der Waals surface area (Å²) in [6.07, 6.45) is 5.83. The van der Waals surface area contributed by atoms with Gasteiger partial charge in [-0.25, -0.2) is 12.1 Å². The van der Waals surface area contributed by atoms with Gasteiger partial charge in [0.15, 0.2) is 0 Å². The topological polar surface area (TPSA) is 28.7 Å². The van der Waals surface area contributed by atoms with Crippen molar-refractivity contribution in [1.82, 2.24) is 9.97 Å². The molecule has 0 aliphatic heterocycles. The van der Waals surface area contributed by atoms with E-state index in [1.54, 1.807) is 12.4 Å². The predicted molar refractivity (Wildman–Crippen MR) is 58.2 cm³/mol. The minimum Gasteiger partial charge on any atom is -0.467 e. The van der Waals surface area contributed by atoms with Crippen LogP contribution < -0.4 is 0 Å². The van der Waals surface area contributed by atoms with Crippen molar-refractivity contribution in [2.45, 2.75) is 26.2 Å². The first-order valence-electron chi connectivity index (χ1n) is 4.68. The normalized spacial score (nSPS) is 9.80. The maximum atomic E-state index is 3.54. The Morgan fingerprint density at radius 3 is 2.00 bits per heavy atom. The van der Waals surface area contributed by atoms with E-state index in [-0.39, 0.29) is 19.5 Å². The van der Waals surface area contributed by atoms with Crippen LogP contribution in [0.4, 0.5) is 0 Å². The minimum atomic E-state index is 0. The van der Waals surface area contributed by atoms with Crippen LogP contribution >= 0.6 is 0 Å². The molecule has 0 radical (unpaired) electrons. The molecule has 82 valence electrons. The number of hydrogen-bond donors (Lipinski definition) is 1. The van der Waals surface area contributed by atoms with Crippen molar-refractivity contribution in [3.63, 3.8) is 0 Å². The summed E-state index contributed by atoms with van der Waals surface area (Å²) >= 11 is 0. The molecule has 15 heavy (non-hydrogen) atoms. The number of H-pyrrole nitrogens is 1. The van der Waals surface area contributed by atoms with E-state index in [1.807, 2.05) is 0 Å². The smallest absolute Gasteiger partial charge is 0.467 e. The summed E-state index contributed by atoms with van der Waals surface area (Å²) in [7, 11) is 0. The molecule has 2 rings (SSSR count). The Balaban J connectivity index is 0.000000280. The van der Waals surface area contributed by atoms with Gasteiger partial charge in [0, 0.05) is 0 Å². The molecule has 3 heteroatoms. The zero-order valence-electron chi connectivity index (χ0n) is 9.26. The Labute approximate surface area is 104 Å². The molecule has 0 saturated carbocycles.